The molecular formula is C20H16Cl2FN3OS. The molecule has 144 valence electrons. The van der Waals surface area contributed by atoms with Gasteiger partial charge in [0.25, 0.3) is 0 Å². The Morgan fingerprint density at radius 1 is 1.18 bits per heavy atom. The van der Waals surface area contributed by atoms with Crippen LogP contribution in [0.2, 0.25) is 10.0 Å². The molecule has 0 bridgehead atoms. The summed E-state index contributed by atoms with van der Waals surface area (Å²) in [7, 11) is 0. The lowest BCUT2D eigenvalue weighted by Gasteiger charge is -2.22. The topological polar surface area (TPSA) is 54.0 Å². The number of anilines is 1. The van der Waals surface area contributed by atoms with E-state index in [0.717, 1.165) is 40.4 Å². The standard InChI is InChI=1S/C20H16Cl2FN3OS/c21-12-6-9-15(14(22)10-12)24-20(27)25-16-2-1-3-17-18(16)26-19(28-17)11-4-7-13(23)8-5-11/h4-10,16H,1-3H2,(H2,24,25,27). The highest BCUT2D eigenvalue weighted by Crippen LogP contribution is 2.37. The van der Waals surface area contributed by atoms with E-state index in [-0.39, 0.29) is 17.9 Å². The minimum atomic E-state index is -0.349. The predicted molar refractivity (Wildman–Crippen MR) is 112 cm³/mol. The summed E-state index contributed by atoms with van der Waals surface area (Å²) in [6.07, 6.45) is 2.70. The van der Waals surface area contributed by atoms with Crippen molar-refractivity contribution in [2.75, 3.05) is 5.32 Å². The zero-order valence-corrected chi connectivity index (χ0v) is 17.0. The maximum Gasteiger partial charge on any atom is 0.319 e. The molecule has 0 fully saturated rings. The van der Waals surface area contributed by atoms with Crippen molar-refractivity contribution < 1.29 is 9.18 Å². The van der Waals surface area contributed by atoms with Crippen LogP contribution in [0.4, 0.5) is 14.9 Å². The summed E-state index contributed by atoms with van der Waals surface area (Å²) in [6.45, 7) is 0. The number of urea groups is 1. The van der Waals surface area contributed by atoms with E-state index in [1.54, 1.807) is 41.7 Å². The molecule has 1 heterocycles. The molecule has 2 amide bonds. The van der Waals surface area contributed by atoms with Crippen molar-refractivity contribution in [3.8, 4) is 10.6 Å². The number of amides is 2. The van der Waals surface area contributed by atoms with Gasteiger partial charge in [-0.05, 0) is 61.7 Å². The molecule has 2 N–H and O–H groups in total. The molecule has 4 nitrogen and oxygen atoms in total. The second kappa shape index (κ2) is 8.07. The summed E-state index contributed by atoms with van der Waals surface area (Å²) in [5.74, 6) is -0.276. The summed E-state index contributed by atoms with van der Waals surface area (Å²) in [5.41, 5.74) is 2.25. The molecule has 28 heavy (non-hydrogen) atoms. The van der Waals surface area contributed by atoms with Crippen LogP contribution < -0.4 is 10.6 Å². The quantitative estimate of drug-likeness (QED) is 0.496. The number of benzene rings is 2. The van der Waals surface area contributed by atoms with E-state index in [2.05, 4.69) is 10.6 Å². The first-order valence-electron chi connectivity index (χ1n) is 8.78. The van der Waals surface area contributed by atoms with Gasteiger partial charge in [0.05, 0.1) is 22.4 Å². The predicted octanol–water partition coefficient (Wildman–Crippen LogP) is 6.46. The first-order chi connectivity index (χ1) is 13.5. The van der Waals surface area contributed by atoms with Gasteiger partial charge < -0.3 is 10.6 Å². The van der Waals surface area contributed by atoms with E-state index in [1.807, 2.05) is 0 Å². The maximum atomic E-state index is 13.2. The molecule has 1 aromatic heterocycles. The van der Waals surface area contributed by atoms with Crippen molar-refractivity contribution >= 4 is 46.3 Å². The van der Waals surface area contributed by atoms with E-state index in [4.69, 9.17) is 28.2 Å². The van der Waals surface area contributed by atoms with Gasteiger partial charge in [-0.3, -0.25) is 0 Å². The summed E-state index contributed by atoms with van der Waals surface area (Å²) in [5, 5.41) is 7.45. The average Bonchev–Trinajstić information content (AvgIpc) is 3.10. The molecule has 0 aliphatic heterocycles. The number of carbonyl (C=O) groups excluding carboxylic acids is 1. The minimum Gasteiger partial charge on any atom is -0.329 e. The Labute approximate surface area is 175 Å². The third-order valence-electron chi connectivity index (χ3n) is 4.53. The Bertz CT molecular complexity index is 1020. The first-order valence-corrected chi connectivity index (χ1v) is 10.3. The highest BCUT2D eigenvalue weighted by atomic mass is 35.5. The van der Waals surface area contributed by atoms with Crippen LogP contribution in [-0.2, 0) is 6.42 Å². The average molecular weight is 436 g/mol. The van der Waals surface area contributed by atoms with Gasteiger partial charge in [-0.15, -0.1) is 11.3 Å². The fourth-order valence-electron chi connectivity index (χ4n) is 3.18. The Hall–Kier alpha value is -2.15. The lowest BCUT2D eigenvalue weighted by molar-refractivity contribution is 0.247. The van der Waals surface area contributed by atoms with Gasteiger partial charge in [0.15, 0.2) is 0 Å². The molecule has 2 aromatic carbocycles. The Morgan fingerprint density at radius 2 is 1.96 bits per heavy atom. The molecule has 0 spiro atoms. The van der Waals surface area contributed by atoms with Crippen molar-refractivity contribution in [2.24, 2.45) is 0 Å². The van der Waals surface area contributed by atoms with Gasteiger partial charge in [0.2, 0.25) is 0 Å². The van der Waals surface area contributed by atoms with Gasteiger partial charge in [-0.2, -0.15) is 0 Å². The van der Waals surface area contributed by atoms with E-state index in [1.165, 1.54) is 12.1 Å². The molecule has 0 saturated carbocycles. The van der Waals surface area contributed by atoms with Crippen molar-refractivity contribution in [1.29, 1.82) is 0 Å². The number of rotatable bonds is 3. The van der Waals surface area contributed by atoms with E-state index >= 15 is 0 Å². The van der Waals surface area contributed by atoms with Gasteiger partial charge >= 0.3 is 6.03 Å². The second-order valence-corrected chi connectivity index (χ2v) is 8.43. The van der Waals surface area contributed by atoms with Crippen molar-refractivity contribution in [1.82, 2.24) is 10.3 Å². The summed E-state index contributed by atoms with van der Waals surface area (Å²) < 4.78 is 13.2. The molecule has 4 rings (SSSR count). The molecule has 0 saturated heterocycles. The van der Waals surface area contributed by atoms with Crippen LogP contribution in [0.3, 0.4) is 0 Å². The number of nitrogens with one attached hydrogen (secondary N) is 2. The van der Waals surface area contributed by atoms with Gasteiger partial charge in [-0.25, -0.2) is 14.2 Å². The van der Waals surface area contributed by atoms with Crippen LogP contribution in [-0.4, -0.2) is 11.0 Å². The smallest absolute Gasteiger partial charge is 0.319 e. The molecule has 0 radical (unpaired) electrons. The molecule has 1 aliphatic carbocycles. The highest BCUT2D eigenvalue weighted by molar-refractivity contribution is 7.15. The van der Waals surface area contributed by atoms with Crippen molar-refractivity contribution in [2.45, 2.75) is 25.3 Å². The van der Waals surface area contributed by atoms with Crippen molar-refractivity contribution in [3.63, 3.8) is 0 Å². The highest BCUT2D eigenvalue weighted by Gasteiger charge is 2.26. The zero-order valence-electron chi connectivity index (χ0n) is 14.6. The molecule has 3 aromatic rings. The maximum absolute atomic E-state index is 13.2. The normalized spacial score (nSPS) is 15.8. The fraction of sp³-hybridized carbons (Fsp3) is 0.200. The van der Waals surface area contributed by atoms with E-state index in [0.29, 0.717) is 15.7 Å². The number of halogens is 3. The summed E-state index contributed by atoms with van der Waals surface area (Å²) in [6, 6.07) is 10.7. The van der Waals surface area contributed by atoms with Crippen LogP contribution in [0.5, 0.6) is 0 Å². The lowest BCUT2D eigenvalue weighted by atomic mass is 9.98. The number of hydrogen-bond acceptors (Lipinski definition) is 3. The Morgan fingerprint density at radius 3 is 2.71 bits per heavy atom. The SMILES string of the molecule is O=C(Nc1ccc(Cl)cc1Cl)NC1CCCc2sc(-c3ccc(F)cc3)nc21. The van der Waals surface area contributed by atoms with Crippen LogP contribution >= 0.6 is 34.5 Å². The van der Waals surface area contributed by atoms with Crippen LogP contribution in [0.15, 0.2) is 42.5 Å². The Balaban J connectivity index is 1.51. The van der Waals surface area contributed by atoms with Crippen LogP contribution in [0, 0.1) is 5.82 Å². The fourth-order valence-corrected chi connectivity index (χ4v) is 4.81. The molecular weight excluding hydrogens is 420 g/mol. The third-order valence-corrected chi connectivity index (χ3v) is 6.26. The summed E-state index contributed by atoms with van der Waals surface area (Å²) in [4.78, 5) is 18.3. The van der Waals surface area contributed by atoms with Gasteiger partial charge in [0, 0.05) is 15.5 Å². The molecule has 1 aliphatic rings. The third kappa shape index (κ3) is 4.14. The molecule has 1 unspecified atom stereocenters. The zero-order chi connectivity index (χ0) is 19.7. The number of fused-ring (bicyclic) bond motifs is 1. The number of carbonyl (C=O) groups is 1. The minimum absolute atomic E-state index is 0.180. The van der Waals surface area contributed by atoms with Crippen LogP contribution in [0.25, 0.3) is 10.6 Å². The lowest BCUT2D eigenvalue weighted by Crippen LogP contribution is -2.34. The summed E-state index contributed by atoms with van der Waals surface area (Å²) >= 11 is 13.6. The number of hydrogen-bond donors (Lipinski definition) is 2. The number of nitrogens with zero attached hydrogens (tertiary/aromatic N) is 1. The second-order valence-electron chi connectivity index (χ2n) is 6.50. The Kier molecular flexibility index (Phi) is 5.53. The van der Waals surface area contributed by atoms with E-state index in [9.17, 15) is 9.18 Å². The van der Waals surface area contributed by atoms with Gasteiger partial charge in [-0.1, -0.05) is 23.2 Å². The number of aryl methyl sites for hydroxylation is 1. The molecule has 8 heteroatoms. The van der Waals surface area contributed by atoms with Gasteiger partial charge in [0.1, 0.15) is 10.8 Å². The molecule has 1 atom stereocenters. The monoisotopic (exact) mass is 435 g/mol. The van der Waals surface area contributed by atoms with Crippen LogP contribution in [0.1, 0.15) is 29.5 Å². The van der Waals surface area contributed by atoms with E-state index < -0.39 is 0 Å². The first kappa shape index (κ1) is 19.2. The van der Waals surface area contributed by atoms with Crippen molar-refractivity contribution in [3.05, 3.63) is 68.9 Å². The number of aromatic nitrogens is 1. The largest absolute Gasteiger partial charge is 0.329 e. The number of thiazole rings is 1.